The number of benzene rings is 1. The third kappa shape index (κ3) is 4.12. The highest BCUT2D eigenvalue weighted by molar-refractivity contribution is 5.92. The predicted octanol–water partition coefficient (Wildman–Crippen LogP) is 2.86. The first-order valence-corrected chi connectivity index (χ1v) is 11.2. The van der Waals surface area contributed by atoms with E-state index in [4.69, 9.17) is 4.74 Å². The van der Waals surface area contributed by atoms with Gasteiger partial charge < -0.3 is 14.6 Å². The number of hydrogen-bond donors (Lipinski definition) is 1. The maximum Gasteiger partial charge on any atom is 0.271 e. The normalized spacial score (nSPS) is 21.2. The van der Waals surface area contributed by atoms with Crippen molar-refractivity contribution in [2.75, 3.05) is 19.6 Å². The van der Waals surface area contributed by atoms with Gasteiger partial charge >= 0.3 is 0 Å². The molecule has 1 spiro atoms. The Labute approximate surface area is 183 Å². The molecular weight excluding hydrogens is 390 g/mol. The Bertz CT molecular complexity index is 1080. The Morgan fingerprint density at radius 1 is 1.19 bits per heavy atom. The minimum Gasteiger partial charge on any atom is -0.370 e. The van der Waals surface area contributed by atoms with Gasteiger partial charge in [-0.2, -0.15) is 5.10 Å². The Hall–Kier alpha value is -2.64. The van der Waals surface area contributed by atoms with Crippen molar-refractivity contribution < 1.29 is 9.53 Å². The topological polar surface area (TPSA) is 64.3 Å². The molecule has 0 bridgehead atoms. The number of piperidine rings is 1. The lowest BCUT2D eigenvalue weighted by Gasteiger charge is -2.39. The number of rotatable bonds is 5. The Morgan fingerprint density at radius 2 is 2.00 bits per heavy atom. The van der Waals surface area contributed by atoms with Crippen molar-refractivity contribution in [2.24, 2.45) is 14.1 Å². The maximum atomic E-state index is 12.2. The fraction of sp³-hybridized carbons (Fsp3) is 0.500. The second-order valence-corrected chi connectivity index (χ2v) is 9.10. The summed E-state index contributed by atoms with van der Waals surface area (Å²) in [5.41, 5.74) is 3.13. The largest absolute Gasteiger partial charge is 0.370 e. The Kier molecular flexibility index (Phi) is 5.32. The Balaban J connectivity index is 1.13. The fourth-order valence-corrected chi connectivity index (χ4v) is 5.15. The smallest absolute Gasteiger partial charge is 0.271 e. The van der Waals surface area contributed by atoms with E-state index in [1.165, 1.54) is 16.5 Å². The van der Waals surface area contributed by atoms with Crippen LogP contribution >= 0.6 is 0 Å². The molecule has 2 aliphatic rings. The zero-order valence-electron chi connectivity index (χ0n) is 18.4. The van der Waals surface area contributed by atoms with E-state index in [2.05, 4.69) is 57.4 Å². The molecule has 3 aromatic rings. The minimum absolute atomic E-state index is 0.0182. The molecule has 2 aliphatic heterocycles. The summed E-state index contributed by atoms with van der Waals surface area (Å²) < 4.78 is 10.3. The minimum atomic E-state index is -0.130. The number of amides is 1. The zero-order valence-corrected chi connectivity index (χ0v) is 18.4. The van der Waals surface area contributed by atoms with Gasteiger partial charge in [0.2, 0.25) is 0 Å². The summed E-state index contributed by atoms with van der Waals surface area (Å²) in [6.07, 6.45) is 8.34. The molecule has 0 unspecified atom stereocenters. The van der Waals surface area contributed by atoms with E-state index < -0.39 is 0 Å². The molecule has 1 amide bonds. The molecule has 164 valence electrons. The van der Waals surface area contributed by atoms with Gasteiger partial charge in [-0.25, -0.2) is 0 Å². The predicted molar refractivity (Wildman–Crippen MR) is 120 cm³/mol. The van der Waals surface area contributed by atoms with Crippen LogP contribution in [0.4, 0.5) is 0 Å². The summed E-state index contributed by atoms with van der Waals surface area (Å²) in [5, 5.41) is 8.50. The van der Waals surface area contributed by atoms with Crippen LogP contribution in [0.2, 0.25) is 0 Å². The van der Waals surface area contributed by atoms with Crippen LogP contribution in [-0.2, 0) is 25.4 Å². The van der Waals surface area contributed by atoms with Gasteiger partial charge in [-0.15, -0.1) is 0 Å². The lowest BCUT2D eigenvalue weighted by Crippen LogP contribution is -2.44. The number of ether oxygens (including phenoxy) is 1. The Morgan fingerprint density at radius 3 is 2.77 bits per heavy atom. The van der Waals surface area contributed by atoms with Crippen molar-refractivity contribution in [3.05, 3.63) is 54.0 Å². The van der Waals surface area contributed by atoms with Crippen LogP contribution in [0.3, 0.4) is 0 Å². The molecule has 2 saturated heterocycles. The van der Waals surface area contributed by atoms with Crippen LogP contribution in [-0.4, -0.2) is 56.5 Å². The van der Waals surface area contributed by atoms with E-state index >= 15 is 0 Å². The molecule has 0 radical (unpaired) electrons. The molecule has 4 heterocycles. The second-order valence-electron chi connectivity index (χ2n) is 9.10. The van der Waals surface area contributed by atoms with Gasteiger partial charge in [0.25, 0.3) is 5.91 Å². The fourth-order valence-electron chi connectivity index (χ4n) is 5.15. The number of likely N-dealkylation sites (tertiary alicyclic amines) is 1. The zero-order chi connectivity index (χ0) is 21.4. The van der Waals surface area contributed by atoms with Crippen molar-refractivity contribution in [3.8, 4) is 0 Å². The van der Waals surface area contributed by atoms with E-state index in [1.54, 1.807) is 16.9 Å². The van der Waals surface area contributed by atoms with Crippen LogP contribution in [0, 0.1) is 0 Å². The number of aromatic nitrogens is 3. The summed E-state index contributed by atoms with van der Waals surface area (Å²) >= 11 is 0. The third-order valence-electron chi connectivity index (χ3n) is 6.92. The first-order valence-electron chi connectivity index (χ1n) is 11.2. The molecule has 1 aromatic carbocycles. The van der Waals surface area contributed by atoms with Gasteiger partial charge in [0.1, 0.15) is 5.69 Å². The number of para-hydroxylation sites is 1. The highest BCUT2D eigenvalue weighted by Crippen LogP contribution is 2.39. The quantitative estimate of drug-likeness (QED) is 0.688. The molecule has 0 aliphatic carbocycles. The number of carbonyl (C=O) groups is 1. The molecule has 7 nitrogen and oxygen atoms in total. The summed E-state index contributed by atoms with van der Waals surface area (Å²) in [7, 11) is 3.93. The molecule has 1 N–H and O–H groups in total. The summed E-state index contributed by atoms with van der Waals surface area (Å²) in [5.74, 6) is -0.130. The molecule has 5 rings (SSSR count). The van der Waals surface area contributed by atoms with Crippen molar-refractivity contribution in [3.63, 3.8) is 0 Å². The SMILES string of the molecule is Cn1ccc(C(=O)NC[C@H]2CCC3(CCN(Cc4cn(C)c5ccccc45)CC3)O2)n1. The molecule has 7 heteroatoms. The first-order chi connectivity index (χ1) is 15.0. The molecule has 2 aromatic heterocycles. The number of carbonyl (C=O) groups excluding carboxylic acids is 1. The van der Waals surface area contributed by atoms with Crippen LogP contribution < -0.4 is 5.32 Å². The number of nitrogens with zero attached hydrogens (tertiary/aromatic N) is 4. The van der Waals surface area contributed by atoms with Crippen molar-refractivity contribution in [1.82, 2.24) is 24.6 Å². The van der Waals surface area contributed by atoms with Gasteiger partial charge in [-0.1, -0.05) is 18.2 Å². The van der Waals surface area contributed by atoms with E-state index in [-0.39, 0.29) is 17.6 Å². The van der Waals surface area contributed by atoms with Crippen LogP contribution in [0.15, 0.2) is 42.7 Å². The first kappa shape index (κ1) is 20.3. The summed E-state index contributed by atoms with van der Waals surface area (Å²) in [6.45, 7) is 3.64. The molecule has 0 saturated carbocycles. The summed E-state index contributed by atoms with van der Waals surface area (Å²) in [4.78, 5) is 14.8. The van der Waals surface area contributed by atoms with Crippen LogP contribution in [0.25, 0.3) is 10.9 Å². The number of nitrogens with one attached hydrogen (secondary N) is 1. The number of aryl methyl sites for hydroxylation is 2. The van der Waals surface area contributed by atoms with Gasteiger partial charge in [-0.3, -0.25) is 14.4 Å². The highest BCUT2D eigenvalue weighted by Gasteiger charge is 2.42. The van der Waals surface area contributed by atoms with Gasteiger partial charge in [0.05, 0.1) is 11.7 Å². The van der Waals surface area contributed by atoms with Gasteiger partial charge in [0.15, 0.2) is 0 Å². The monoisotopic (exact) mass is 421 g/mol. The average Bonchev–Trinajstić information content (AvgIpc) is 3.47. The van der Waals surface area contributed by atoms with Gasteiger partial charge in [-0.05, 0) is 43.4 Å². The van der Waals surface area contributed by atoms with Crippen LogP contribution in [0.1, 0.15) is 41.7 Å². The van der Waals surface area contributed by atoms with E-state index in [0.29, 0.717) is 12.2 Å². The lowest BCUT2D eigenvalue weighted by atomic mass is 9.88. The molecule has 2 fully saturated rings. The summed E-state index contributed by atoms with van der Waals surface area (Å²) in [6, 6.07) is 10.4. The molecular formula is C24H31N5O2. The van der Waals surface area contributed by atoms with Crippen molar-refractivity contribution >= 4 is 16.8 Å². The van der Waals surface area contributed by atoms with E-state index in [1.807, 2.05) is 7.05 Å². The van der Waals surface area contributed by atoms with Gasteiger partial charge in [0, 0.05) is 63.6 Å². The van der Waals surface area contributed by atoms with E-state index in [9.17, 15) is 4.79 Å². The lowest BCUT2D eigenvalue weighted by molar-refractivity contribution is -0.0764. The second kappa shape index (κ2) is 8.13. The van der Waals surface area contributed by atoms with Crippen molar-refractivity contribution in [1.29, 1.82) is 0 Å². The van der Waals surface area contributed by atoms with Crippen molar-refractivity contribution in [2.45, 2.75) is 43.9 Å². The third-order valence-corrected chi connectivity index (χ3v) is 6.92. The average molecular weight is 422 g/mol. The number of hydrogen-bond acceptors (Lipinski definition) is 4. The number of fused-ring (bicyclic) bond motifs is 1. The van der Waals surface area contributed by atoms with Crippen LogP contribution in [0.5, 0.6) is 0 Å². The molecule has 1 atom stereocenters. The maximum absolute atomic E-state index is 12.2. The van der Waals surface area contributed by atoms with E-state index in [0.717, 1.165) is 45.3 Å². The standard InChI is InChI=1S/C24H31N5O2/c1-27-16-18(20-5-3-4-6-22(20)27)17-29-13-10-24(11-14-29)9-7-19(31-24)15-25-23(30)21-8-12-28(2)26-21/h3-6,8,12,16,19H,7,9-11,13-15,17H2,1-2H3,(H,25,30)/t19-/m1/s1. The highest BCUT2D eigenvalue weighted by atomic mass is 16.5. The molecule has 31 heavy (non-hydrogen) atoms.